The van der Waals surface area contributed by atoms with Gasteiger partial charge in [0.1, 0.15) is 6.61 Å². The molecule has 0 heterocycles. The number of carbonyl (C=O) groups is 2. The molecule has 0 amide bonds. The number of rotatable bonds is 40. The Balaban J connectivity index is 4.16. The lowest BCUT2D eigenvalue weighted by Gasteiger charge is -2.19. The van der Waals surface area contributed by atoms with Crippen molar-refractivity contribution in [2.24, 2.45) is 5.73 Å². The number of carbonyl (C=O) groups excluding carboxylic acids is 2. The van der Waals surface area contributed by atoms with Gasteiger partial charge in [0.25, 0.3) is 0 Å². The second-order valence-electron chi connectivity index (χ2n) is 14.2. The lowest BCUT2D eigenvalue weighted by Crippen LogP contribution is -2.29. The van der Waals surface area contributed by atoms with Gasteiger partial charge in [0, 0.05) is 19.4 Å². The molecule has 0 aliphatic rings. The van der Waals surface area contributed by atoms with Crippen LogP contribution in [0.4, 0.5) is 0 Å². The van der Waals surface area contributed by atoms with Gasteiger partial charge >= 0.3 is 19.8 Å². The fraction of sp³-hybridized carbons (Fsp3) is 0.814. The van der Waals surface area contributed by atoms with Crippen LogP contribution in [0.25, 0.3) is 0 Å². The highest BCUT2D eigenvalue weighted by Gasteiger charge is 2.26. The molecule has 0 aromatic rings. The Morgan fingerprint density at radius 2 is 1.04 bits per heavy atom. The minimum Gasteiger partial charge on any atom is -0.462 e. The van der Waals surface area contributed by atoms with E-state index in [9.17, 15) is 19.0 Å². The molecule has 1 unspecified atom stereocenters. The third kappa shape index (κ3) is 39.7. The normalized spacial score (nSPS) is 13.7. The molecule has 0 aromatic heterocycles. The van der Waals surface area contributed by atoms with E-state index in [1.165, 1.54) is 89.9 Å². The van der Waals surface area contributed by atoms with Gasteiger partial charge in [-0.15, -0.1) is 0 Å². The Hall–Kier alpha value is -1.77. The first kappa shape index (κ1) is 51.2. The zero-order chi connectivity index (χ0) is 38.9. The standard InChI is InChI=1S/C43H80NO8P/c1-3-5-7-9-11-13-15-17-19-20-22-24-26-28-30-32-34-36-43(46)52-41(40-51-53(47,48)50-38-37-44)39-49-42(45)35-33-31-29-27-25-23-21-18-16-14-12-10-8-6-4-2/h6,8,12,14,18,21,41H,3-5,7,9-11,13,15-17,19-20,22-40,44H2,1-2H3,(H,47,48)/t41-/m1/s1. The molecule has 10 heteroatoms. The quantitative estimate of drug-likeness (QED) is 0.0270. The van der Waals surface area contributed by atoms with Crippen LogP contribution in [0.5, 0.6) is 0 Å². The SMILES string of the molecule is CCC=CCC=CCC=CCCCCCCCC(=O)OC[C@H](COP(=O)(O)OCCN)OC(=O)CCCCCCCCCCCCCCCCCCC. The summed E-state index contributed by atoms with van der Waals surface area (Å²) >= 11 is 0. The molecule has 0 aliphatic carbocycles. The summed E-state index contributed by atoms with van der Waals surface area (Å²) in [6, 6.07) is 0. The van der Waals surface area contributed by atoms with Crippen molar-refractivity contribution in [3.8, 4) is 0 Å². The third-order valence-corrected chi connectivity index (χ3v) is 10.0. The van der Waals surface area contributed by atoms with E-state index in [0.717, 1.165) is 64.2 Å². The van der Waals surface area contributed by atoms with Crippen molar-refractivity contribution in [1.29, 1.82) is 0 Å². The van der Waals surface area contributed by atoms with Crippen molar-refractivity contribution < 1.29 is 37.6 Å². The number of ether oxygens (including phenoxy) is 2. The van der Waals surface area contributed by atoms with Crippen molar-refractivity contribution in [3.05, 3.63) is 36.5 Å². The van der Waals surface area contributed by atoms with Crippen molar-refractivity contribution in [2.75, 3.05) is 26.4 Å². The first-order valence-electron chi connectivity index (χ1n) is 21.5. The second-order valence-corrected chi connectivity index (χ2v) is 15.6. The van der Waals surface area contributed by atoms with Crippen molar-refractivity contribution in [3.63, 3.8) is 0 Å². The molecule has 53 heavy (non-hydrogen) atoms. The van der Waals surface area contributed by atoms with Gasteiger partial charge in [0.2, 0.25) is 0 Å². The number of nitrogens with two attached hydrogens (primary N) is 1. The van der Waals surface area contributed by atoms with Crippen molar-refractivity contribution in [1.82, 2.24) is 0 Å². The summed E-state index contributed by atoms with van der Waals surface area (Å²) in [6.07, 6.45) is 43.1. The number of phosphoric acid groups is 1. The van der Waals surface area contributed by atoms with E-state index >= 15 is 0 Å². The smallest absolute Gasteiger partial charge is 0.462 e. The molecule has 0 rings (SSSR count). The van der Waals surface area contributed by atoms with Crippen LogP contribution in [-0.4, -0.2) is 49.3 Å². The van der Waals surface area contributed by atoms with Gasteiger partial charge in [-0.1, -0.05) is 172 Å². The summed E-state index contributed by atoms with van der Waals surface area (Å²) in [5, 5.41) is 0. The third-order valence-electron chi connectivity index (χ3n) is 9.04. The molecule has 0 saturated heterocycles. The van der Waals surface area contributed by atoms with E-state index in [2.05, 4.69) is 50.3 Å². The maximum atomic E-state index is 12.6. The predicted molar refractivity (Wildman–Crippen MR) is 220 cm³/mol. The Bertz CT molecular complexity index is 970. The van der Waals surface area contributed by atoms with Gasteiger partial charge < -0.3 is 20.1 Å². The Morgan fingerprint density at radius 1 is 0.585 bits per heavy atom. The fourth-order valence-electron chi connectivity index (χ4n) is 5.88. The molecular weight excluding hydrogens is 689 g/mol. The highest BCUT2D eigenvalue weighted by Crippen LogP contribution is 2.43. The van der Waals surface area contributed by atoms with Crippen LogP contribution in [0.15, 0.2) is 36.5 Å². The molecule has 0 fully saturated rings. The van der Waals surface area contributed by atoms with Crippen LogP contribution >= 0.6 is 7.82 Å². The van der Waals surface area contributed by atoms with E-state index in [1.807, 2.05) is 0 Å². The van der Waals surface area contributed by atoms with Crippen molar-refractivity contribution in [2.45, 2.75) is 200 Å². The van der Waals surface area contributed by atoms with Crippen LogP contribution in [0.3, 0.4) is 0 Å². The van der Waals surface area contributed by atoms with Crippen LogP contribution in [0.1, 0.15) is 194 Å². The highest BCUT2D eigenvalue weighted by atomic mass is 31.2. The summed E-state index contributed by atoms with van der Waals surface area (Å²) in [5.41, 5.74) is 5.34. The number of phosphoric ester groups is 1. The Labute approximate surface area is 324 Å². The molecule has 310 valence electrons. The van der Waals surface area contributed by atoms with Gasteiger partial charge in [0.05, 0.1) is 13.2 Å². The molecule has 3 N–H and O–H groups in total. The molecule has 0 bridgehead atoms. The molecule has 0 aromatic carbocycles. The van der Waals surface area contributed by atoms with E-state index in [4.69, 9.17) is 24.3 Å². The first-order valence-corrected chi connectivity index (χ1v) is 23.0. The number of unbranched alkanes of at least 4 members (excludes halogenated alkanes) is 21. The summed E-state index contributed by atoms with van der Waals surface area (Å²) in [6.45, 7) is 3.61. The van der Waals surface area contributed by atoms with Gasteiger partial charge in [0.15, 0.2) is 6.10 Å². The molecule has 2 atom stereocenters. The lowest BCUT2D eigenvalue weighted by molar-refractivity contribution is -0.161. The zero-order valence-electron chi connectivity index (χ0n) is 34.0. The topological polar surface area (TPSA) is 134 Å². The molecule has 9 nitrogen and oxygen atoms in total. The van der Waals surface area contributed by atoms with Crippen LogP contribution < -0.4 is 5.73 Å². The van der Waals surface area contributed by atoms with E-state index < -0.39 is 32.5 Å². The number of esters is 2. The molecule has 0 saturated carbocycles. The highest BCUT2D eigenvalue weighted by molar-refractivity contribution is 7.47. The average molecular weight is 770 g/mol. The van der Waals surface area contributed by atoms with Crippen LogP contribution in [0, 0.1) is 0 Å². The van der Waals surface area contributed by atoms with Crippen LogP contribution in [0.2, 0.25) is 0 Å². The minimum absolute atomic E-state index is 0.0514. The average Bonchev–Trinajstić information content (AvgIpc) is 3.14. The van der Waals surface area contributed by atoms with Crippen LogP contribution in [-0.2, 0) is 32.7 Å². The van der Waals surface area contributed by atoms with Gasteiger partial charge in [-0.2, -0.15) is 0 Å². The second kappa shape index (κ2) is 39.9. The summed E-state index contributed by atoms with van der Waals surface area (Å²) in [5.74, 6) is -0.843. The number of hydrogen-bond acceptors (Lipinski definition) is 8. The summed E-state index contributed by atoms with van der Waals surface area (Å²) < 4.78 is 32.8. The van der Waals surface area contributed by atoms with E-state index in [-0.39, 0.29) is 32.6 Å². The summed E-state index contributed by atoms with van der Waals surface area (Å²) in [7, 11) is -4.38. The predicted octanol–water partition coefficient (Wildman–Crippen LogP) is 12.2. The Kier molecular flexibility index (Phi) is 38.6. The summed E-state index contributed by atoms with van der Waals surface area (Å²) in [4.78, 5) is 34.8. The monoisotopic (exact) mass is 770 g/mol. The molecule has 0 spiro atoms. The van der Waals surface area contributed by atoms with Gasteiger partial charge in [-0.05, 0) is 44.9 Å². The lowest BCUT2D eigenvalue weighted by atomic mass is 10.0. The molecule has 0 aliphatic heterocycles. The molecule has 0 radical (unpaired) electrons. The number of hydrogen-bond donors (Lipinski definition) is 2. The van der Waals surface area contributed by atoms with Gasteiger partial charge in [-0.3, -0.25) is 18.6 Å². The largest absolute Gasteiger partial charge is 0.472 e. The maximum absolute atomic E-state index is 12.6. The fourth-order valence-corrected chi connectivity index (χ4v) is 6.65. The zero-order valence-corrected chi connectivity index (χ0v) is 34.9. The first-order chi connectivity index (χ1) is 25.8. The number of allylic oxidation sites excluding steroid dienone is 6. The van der Waals surface area contributed by atoms with E-state index in [1.54, 1.807) is 0 Å². The molecular formula is C43H80NO8P. The van der Waals surface area contributed by atoms with Crippen molar-refractivity contribution >= 4 is 19.8 Å². The van der Waals surface area contributed by atoms with E-state index in [0.29, 0.717) is 12.8 Å². The minimum atomic E-state index is -4.38. The van der Waals surface area contributed by atoms with Gasteiger partial charge in [-0.25, -0.2) is 4.57 Å². The maximum Gasteiger partial charge on any atom is 0.472 e. The Morgan fingerprint density at radius 3 is 1.55 bits per heavy atom.